The van der Waals surface area contributed by atoms with Gasteiger partial charge in [0.05, 0.1) is 11.4 Å². The summed E-state index contributed by atoms with van der Waals surface area (Å²) >= 11 is 5.67. The average Bonchev–Trinajstić information content (AvgIpc) is 3.06. The van der Waals surface area contributed by atoms with Crippen LogP contribution in [-0.2, 0) is 0 Å². The van der Waals surface area contributed by atoms with Gasteiger partial charge in [-0.3, -0.25) is 4.79 Å². The van der Waals surface area contributed by atoms with Crippen molar-refractivity contribution in [3.63, 3.8) is 0 Å². The lowest BCUT2D eigenvalue weighted by atomic mass is 10.1. The predicted molar refractivity (Wildman–Crippen MR) is 109 cm³/mol. The molecule has 0 saturated carbocycles. The third-order valence-corrected chi connectivity index (χ3v) is 4.59. The lowest BCUT2D eigenvalue weighted by molar-refractivity contribution is 0.776. The number of hydrogen-bond acceptors (Lipinski definition) is 2. The molecular weight excluding hydrogens is 340 g/mol. The van der Waals surface area contributed by atoms with Crippen molar-refractivity contribution in [2.75, 3.05) is 0 Å². The number of thiocarbonyl (C=S) groups is 1. The summed E-state index contributed by atoms with van der Waals surface area (Å²) < 4.78 is 3.44. The minimum Gasteiger partial charge on any atom is -0.267 e. The average molecular weight is 356 g/mol. The van der Waals surface area contributed by atoms with Crippen LogP contribution in [-0.4, -0.2) is 14.4 Å². The monoisotopic (exact) mass is 356 g/mol. The van der Waals surface area contributed by atoms with Crippen molar-refractivity contribution in [1.29, 1.82) is 0 Å². The fraction of sp³-hybridized carbons (Fsp3) is 0. The molecule has 0 amide bonds. The van der Waals surface area contributed by atoms with Crippen LogP contribution in [0.2, 0.25) is 0 Å². The number of benzene rings is 3. The van der Waals surface area contributed by atoms with Crippen LogP contribution in [0.15, 0.2) is 102 Å². The van der Waals surface area contributed by atoms with Crippen LogP contribution in [0.1, 0.15) is 5.56 Å². The van der Waals surface area contributed by atoms with Crippen LogP contribution in [0.25, 0.3) is 16.9 Å². The van der Waals surface area contributed by atoms with Gasteiger partial charge in [-0.1, -0.05) is 91.1 Å². The van der Waals surface area contributed by atoms with Gasteiger partial charge in [0, 0.05) is 17.2 Å². The summed E-state index contributed by atoms with van der Waals surface area (Å²) in [5.41, 5.74) is 3.33. The molecule has 0 bridgehead atoms. The molecule has 4 rings (SSSR count). The van der Waals surface area contributed by atoms with Gasteiger partial charge < -0.3 is 0 Å². The molecule has 0 N–H and O–H groups in total. The standard InChI is InChI=1S/C22H16N2OS/c25-21-16-20(17-10-4-1-5-11-17)23(19-14-8-3-9-15-19)24(21)22(26)18-12-6-2-7-13-18/h1-16H. The molecule has 1 heterocycles. The van der Waals surface area contributed by atoms with E-state index in [1.165, 1.54) is 0 Å². The highest BCUT2D eigenvalue weighted by molar-refractivity contribution is 7.80. The Morgan fingerprint density at radius 2 is 1.27 bits per heavy atom. The van der Waals surface area contributed by atoms with E-state index in [1.54, 1.807) is 10.7 Å². The summed E-state index contributed by atoms with van der Waals surface area (Å²) in [5, 5.41) is 0. The highest BCUT2D eigenvalue weighted by Gasteiger charge is 2.18. The Balaban J connectivity index is 1.99. The van der Waals surface area contributed by atoms with Crippen LogP contribution in [0.5, 0.6) is 0 Å². The Kier molecular flexibility index (Phi) is 4.33. The zero-order valence-electron chi connectivity index (χ0n) is 13.9. The van der Waals surface area contributed by atoms with E-state index in [9.17, 15) is 4.79 Å². The fourth-order valence-electron chi connectivity index (χ4n) is 2.98. The van der Waals surface area contributed by atoms with E-state index < -0.39 is 0 Å². The summed E-state index contributed by atoms with van der Waals surface area (Å²) in [7, 11) is 0. The minimum atomic E-state index is -0.151. The van der Waals surface area contributed by atoms with Crippen molar-refractivity contribution in [3.05, 3.63) is 113 Å². The van der Waals surface area contributed by atoms with Crippen LogP contribution in [0.4, 0.5) is 0 Å². The third kappa shape index (κ3) is 2.91. The molecule has 0 atom stereocenters. The largest absolute Gasteiger partial charge is 0.273 e. The number of nitrogens with zero attached hydrogens (tertiary/aromatic N) is 2. The first-order chi connectivity index (χ1) is 12.8. The lowest BCUT2D eigenvalue weighted by Gasteiger charge is -2.16. The van der Waals surface area contributed by atoms with Gasteiger partial charge in [0.15, 0.2) is 0 Å². The molecule has 0 aliphatic carbocycles. The maximum atomic E-state index is 12.9. The van der Waals surface area contributed by atoms with E-state index >= 15 is 0 Å². The van der Waals surface area contributed by atoms with Crippen molar-refractivity contribution in [2.24, 2.45) is 0 Å². The van der Waals surface area contributed by atoms with Gasteiger partial charge in [-0.05, 0) is 12.1 Å². The second-order valence-corrected chi connectivity index (χ2v) is 6.25. The Labute approximate surface area is 156 Å². The molecular formula is C22H16N2OS. The molecule has 4 heteroatoms. The molecule has 126 valence electrons. The van der Waals surface area contributed by atoms with E-state index in [1.807, 2.05) is 95.7 Å². The van der Waals surface area contributed by atoms with E-state index in [0.29, 0.717) is 4.99 Å². The van der Waals surface area contributed by atoms with Crippen LogP contribution < -0.4 is 5.56 Å². The van der Waals surface area contributed by atoms with Crippen LogP contribution in [0, 0.1) is 0 Å². The van der Waals surface area contributed by atoms with Gasteiger partial charge in [0.1, 0.15) is 4.99 Å². The Bertz CT molecular complexity index is 1100. The molecule has 0 spiro atoms. The van der Waals surface area contributed by atoms with Gasteiger partial charge in [0.2, 0.25) is 0 Å². The Hall–Kier alpha value is -3.24. The summed E-state index contributed by atoms with van der Waals surface area (Å²) in [6.07, 6.45) is 0. The molecule has 1 aromatic heterocycles. The summed E-state index contributed by atoms with van der Waals surface area (Å²) in [5.74, 6) is 0. The number of rotatable bonds is 3. The quantitative estimate of drug-likeness (QED) is 0.504. The SMILES string of the molecule is O=c1cc(-c2ccccc2)n(-c2ccccc2)n1C(=S)c1ccccc1. The zero-order chi connectivity index (χ0) is 17.9. The molecule has 4 aromatic rings. The van der Waals surface area contributed by atoms with E-state index in [2.05, 4.69) is 0 Å². The first-order valence-electron chi connectivity index (χ1n) is 8.31. The number of hydrogen-bond donors (Lipinski definition) is 0. The molecule has 26 heavy (non-hydrogen) atoms. The van der Waals surface area contributed by atoms with Crippen LogP contribution >= 0.6 is 12.2 Å². The number of para-hydroxylation sites is 1. The molecule has 0 unspecified atom stereocenters. The summed E-state index contributed by atoms with van der Waals surface area (Å²) in [6, 6.07) is 30.9. The van der Waals surface area contributed by atoms with Gasteiger partial charge in [-0.15, -0.1) is 0 Å². The normalized spacial score (nSPS) is 10.6. The molecule has 3 nitrogen and oxygen atoms in total. The molecule has 0 aliphatic heterocycles. The maximum Gasteiger partial charge on any atom is 0.273 e. The smallest absolute Gasteiger partial charge is 0.267 e. The molecule has 3 aromatic carbocycles. The molecule has 0 radical (unpaired) electrons. The van der Waals surface area contributed by atoms with E-state index in [4.69, 9.17) is 12.2 Å². The maximum absolute atomic E-state index is 12.9. The lowest BCUT2D eigenvalue weighted by Crippen LogP contribution is -2.29. The second-order valence-electron chi connectivity index (χ2n) is 5.86. The van der Waals surface area contributed by atoms with Gasteiger partial charge in [-0.25, -0.2) is 9.36 Å². The van der Waals surface area contributed by atoms with Crippen molar-refractivity contribution in [2.45, 2.75) is 0 Å². The van der Waals surface area contributed by atoms with Gasteiger partial charge in [-0.2, -0.15) is 0 Å². The van der Waals surface area contributed by atoms with Gasteiger partial charge in [0.25, 0.3) is 5.56 Å². The van der Waals surface area contributed by atoms with Crippen LogP contribution in [0.3, 0.4) is 0 Å². The van der Waals surface area contributed by atoms with Crippen molar-refractivity contribution in [3.8, 4) is 16.9 Å². The topological polar surface area (TPSA) is 26.9 Å². The van der Waals surface area contributed by atoms with E-state index in [0.717, 1.165) is 22.5 Å². The zero-order valence-corrected chi connectivity index (χ0v) is 14.8. The highest BCUT2D eigenvalue weighted by atomic mass is 32.1. The Morgan fingerprint density at radius 1 is 0.731 bits per heavy atom. The summed E-state index contributed by atoms with van der Waals surface area (Å²) in [4.78, 5) is 13.4. The van der Waals surface area contributed by atoms with Gasteiger partial charge >= 0.3 is 0 Å². The molecule has 0 fully saturated rings. The first kappa shape index (κ1) is 16.2. The number of aromatic nitrogens is 2. The summed E-state index contributed by atoms with van der Waals surface area (Å²) in [6.45, 7) is 0. The first-order valence-corrected chi connectivity index (χ1v) is 8.72. The predicted octanol–water partition coefficient (Wildman–Crippen LogP) is 4.53. The Morgan fingerprint density at radius 3 is 1.88 bits per heavy atom. The molecule has 0 aliphatic rings. The minimum absolute atomic E-state index is 0.151. The third-order valence-electron chi connectivity index (χ3n) is 4.18. The second kappa shape index (κ2) is 6.94. The fourth-order valence-corrected chi connectivity index (χ4v) is 3.29. The van der Waals surface area contributed by atoms with Crippen molar-refractivity contribution < 1.29 is 0 Å². The van der Waals surface area contributed by atoms with Crippen molar-refractivity contribution >= 4 is 17.2 Å². The van der Waals surface area contributed by atoms with Crippen molar-refractivity contribution in [1.82, 2.24) is 9.36 Å². The molecule has 0 saturated heterocycles. The van der Waals surface area contributed by atoms with E-state index in [-0.39, 0.29) is 5.56 Å². The highest BCUT2D eigenvalue weighted by Crippen LogP contribution is 2.22.